The fraction of sp³-hybridized carbons (Fsp3) is 0.471. The van der Waals surface area contributed by atoms with E-state index >= 15 is 0 Å². The van der Waals surface area contributed by atoms with Gasteiger partial charge in [0, 0.05) is 45.2 Å². The SMILES string of the molecule is CC.CC.O[C@@H]1c2ccccc2CCC1CN1CCN(CCOC(c2ccccc2)c2ccccc2)CC1. The smallest absolute Gasteiger partial charge is 0.108 e. The van der Waals surface area contributed by atoms with Crippen LogP contribution in [0, 0.1) is 5.92 Å². The lowest BCUT2D eigenvalue weighted by Gasteiger charge is -2.39. The summed E-state index contributed by atoms with van der Waals surface area (Å²) in [4.78, 5) is 5.05. The average molecular weight is 517 g/mol. The highest BCUT2D eigenvalue weighted by atomic mass is 16.5. The van der Waals surface area contributed by atoms with E-state index in [0.29, 0.717) is 12.5 Å². The molecule has 1 saturated heterocycles. The lowest BCUT2D eigenvalue weighted by Crippen LogP contribution is -2.49. The minimum Gasteiger partial charge on any atom is -0.388 e. The number of ether oxygens (including phenoxy) is 1. The third-order valence-corrected chi connectivity index (χ3v) is 7.46. The van der Waals surface area contributed by atoms with Gasteiger partial charge >= 0.3 is 0 Å². The van der Waals surface area contributed by atoms with E-state index in [1.807, 2.05) is 33.8 Å². The number of aryl methyl sites for hydroxylation is 1. The van der Waals surface area contributed by atoms with Crippen molar-refractivity contribution in [3.05, 3.63) is 107 Å². The number of piperazine rings is 1. The second-order valence-corrected chi connectivity index (χ2v) is 9.66. The van der Waals surface area contributed by atoms with Crippen molar-refractivity contribution < 1.29 is 9.84 Å². The van der Waals surface area contributed by atoms with Gasteiger partial charge in [-0.1, -0.05) is 113 Å². The molecule has 0 amide bonds. The third-order valence-electron chi connectivity index (χ3n) is 7.46. The van der Waals surface area contributed by atoms with Gasteiger partial charge in [0.15, 0.2) is 0 Å². The normalized spacial score (nSPS) is 19.5. The molecule has 1 heterocycles. The molecule has 4 heteroatoms. The van der Waals surface area contributed by atoms with Crippen LogP contribution in [0.25, 0.3) is 0 Å². The second kappa shape index (κ2) is 16.5. The van der Waals surface area contributed by atoms with Crippen molar-refractivity contribution in [3.63, 3.8) is 0 Å². The van der Waals surface area contributed by atoms with Crippen molar-refractivity contribution in [1.29, 1.82) is 0 Å². The Hall–Kier alpha value is -2.50. The van der Waals surface area contributed by atoms with Gasteiger partial charge in [0.2, 0.25) is 0 Å². The molecule has 0 spiro atoms. The lowest BCUT2D eigenvalue weighted by molar-refractivity contribution is 0.0286. The average Bonchev–Trinajstić information content (AvgIpc) is 3.01. The Morgan fingerprint density at radius 3 is 1.87 bits per heavy atom. The Labute approximate surface area is 231 Å². The van der Waals surface area contributed by atoms with Crippen molar-refractivity contribution in [2.45, 2.75) is 52.7 Å². The van der Waals surface area contributed by atoms with Gasteiger partial charge in [-0.15, -0.1) is 0 Å². The molecule has 0 aromatic heterocycles. The molecular weight excluding hydrogens is 468 g/mol. The van der Waals surface area contributed by atoms with Crippen LogP contribution in [-0.4, -0.2) is 60.8 Å². The fourth-order valence-electron chi connectivity index (χ4n) is 5.46. The number of hydrogen-bond donors (Lipinski definition) is 1. The van der Waals surface area contributed by atoms with Gasteiger partial charge in [0.1, 0.15) is 6.10 Å². The zero-order chi connectivity index (χ0) is 27.2. The Kier molecular flexibility index (Phi) is 13.0. The van der Waals surface area contributed by atoms with Gasteiger partial charge in [-0.25, -0.2) is 0 Å². The largest absolute Gasteiger partial charge is 0.388 e. The van der Waals surface area contributed by atoms with E-state index in [0.717, 1.165) is 57.7 Å². The summed E-state index contributed by atoms with van der Waals surface area (Å²) < 4.78 is 6.42. The number of aliphatic hydroxyl groups is 1. The van der Waals surface area contributed by atoms with Crippen LogP contribution in [0.5, 0.6) is 0 Å². The molecule has 1 unspecified atom stereocenters. The van der Waals surface area contributed by atoms with E-state index < -0.39 is 0 Å². The standard InChI is InChI=1S/C30H36N2O2.2C2H6/c33-29-27(16-15-24-9-7-8-14-28(24)29)23-32-19-17-31(18-20-32)21-22-34-30(25-10-3-1-4-11-25)26-12-5-2-6-13-26;2*1-2/h1-14,27,29-30,33H,15-23H2;2*1-2H3/t27?,29-;;/m0../s1. The third kappa shape index (κ3) is 8.25. The van der Waals surface area contributed by atoms with E-state index in [1.54, 1.807) is 0 Å². The monoisotopic (exact) mass is 516 g/mol. The molecule has 38 heavy (non-hydrogen) atoms. The summed E-state index contributed by atoms with van der Waals surface area (Å²) in [6, 6.07) is 29.4. The van der Waals surface area contributed by atoms with E-state index in [-0.39, 0.29) is 12.2 Å². The summed E-state index contributed by atoms with van der Waals surface area (Å²) in [6.07, 6.45) is 1.80. The number of aliphatic hydroxyl groups excluding tert-OH is 1. The highest BCUT2D eigenvalue weighted by Crippen LogP contribution is 2.35. The van der Waals surface area contributed by atoms with E-state index in [9.17, 15) is 5.11 Å². The van der Waals surface area contributed by atoms with Gasteiger partial charge in [0.25, 0.3) is 0 Å². The first-order valence-electron chi connectivity index (χ1n) is 14.7. The van der Waals surface area contributed by atoms with Crippen LogP contribution < -0.4 is 0 Å². The first-order chi connectivity index (χ1) is 18.8. The highest BCUT2D eigenvalue weighted by molar-refractivity contribution is 5.32. The van der Waals surface area contributed by atoms with Crippen LogP contribution in [0.4, 0.5) is 0 Å². The molecule has 1 aliphatic carbocycles. The first-order valence-corrected chi connectivity index (χ1v) is 14.7. The maximum atomic E-state index is 10.9. The summed E-state index contributed by atoms with van der Waals surface area (Å²) in [7, 11) is 0. The molecule has 2 aliphatic rings. The topological polar surface area (TPSA) is 35.9 Å². The molecule has 0 bridgehead atoms. The number of benzene rings is 3. The highest BCUT2D eigenvalue weighted by Gasteiger charge is 2.30. The first kappa shape index (κ1) is 30.0. The molecule has 3 aromatic rings. The molecule has 1 fully saturated rings. The summed E-state index contributed by atoms with van der Waals surface area (Å²) >= 11 is 0. The summed E-state index contributed by atoms with van der Waals surface area (Å²) in [5.74, 6) is 0.335. The van der Waals surface area contributed by atoms with Crippen molar-refractivity contribution in [2.24, 2.45) is 5.92 Å². The summed E-state index contributed by atoms with van der Waals surface area (Å²) in [6.45, 7) is 14.9. The van der Waals surface area contributed by atoms with Crippen LogP contribution in [0.2, 0.25) is 0 Å². The van der Waals surface area contributed by atoms with Gasteiger partial charge in [-0.05, 0) is 35.1 Å². The molecule has 4 nitrogen and oxygen atoms in total. The molecule has 1 N–H and O–H groups in total. The van der Waals surface area contributed by atoms with Crippen molar-refractivity contribution in [3.8, 4) is 0 Å². The predicted molar refractivity (Wildman–Crippen MR) is 159 cm³/mol. The van der Waals surface area contributed by atoms with Gasteiger partial charge in [-0.2, -0.15) is 0 Å². The molecule has 0 radical (unpaired) electrons. The molecular formula is C34H48N2O2. The van der Waals surface area contributed by atoms with E-state index in [4.69, 9.17) is 4.74 Å². The fourth-order valence-corrected chi connectivity index (χ4v) is 5.46. The molecule has 3 aromatic carbocycles. The molecule has 5 rings (SSSR count). The second-order valence-electron chi connectivity index (χ2n) is 9.66. The minimum atomic E-state index is -0.329. The van der Waals surface area contributed by atoms with E-state index in [2.05, 4.69) is 88.7 Å². The Bertz CT molecular complexity index is 979. The van der Waals surface area contributed by atoms with Gasteiger partial charge in [-0.3, -0.25) is 4.90 Å². The zero-order valence-corrected chi connectivity index (χ0v) is 23.9. The van der Waals surface area contributed by atoms with Gasteiger partial charge in [0.05, 0.1) is 12.7 Å². The number of nitrogens with zero attached hydrogens (tertiary/aromatic N) is 2. The van der Waals surface area contributed by atoms with Crippen molar-refractivity contribution in [1.82, 2.24) is 9.80 Å². The van der Waals surface area contributed by atoms with Crippen molar-refractivity contribution >= 4 is 0 Å². The van der Waals surface area contributed by atoms with Crippen LogP contribution in [0.15, 0.2) is 84.9 Å². The zero-order valence-electron chi connectivity index (χ0n) is 23.9. The Balaban J connectivity index is 0.000000956. The summed E-state index contributed by atoms with van der Waals surface area (Å²) in [5.41, 5.74) is 4.86. The maximum Gasteiger partial charge on any atom is 0.108 e. The minimum absolute atomic E-state index is 0.0284. The Morgan fingerprint density at radius 1 is 0.737 bits per heavy atom. The lowest BCUT2D eigenvalue weighted by atomic mass is 9.81. The van der Waals surface area contributed by atoms with Crippen molar-refractivity contribution in [2.75, 3.05) is 45.9 Å². The quantitative estimate of drug-likeness (QED) is 0.359. The molecule has 2 atom stereocenters. The van der Waals surface area contributed by atoms with Crippen LogP contribution >= 0.6 is 0 Å². The number of hydrogen-bond acceptors (Lipinski definition) is 4. The predicted octanol–water partition coefficient (Wildman–Crippen LogP) is 6.76. The molecule has 1 aliphatic heterocycles. The molecule has 0 saturated carbocycles. The number of rotatable bonds is 8. The molecule has 206 valence electrons. The van der Waals surface area contributed by atoms with Crippen LogP contribution in [-0.2, 0) is 11.2 Å². The van der Waals surface area contributed by atoms with E-state index in [1.165, 1.54) is 16.7 Å². The van der Waals surface area contributed by atoms with Gasteiger partial charge < -0.3 is 14.7 Å². The maximum absolute atomic E-state index is 10.9. The van der Waals surface area contributed by atoms with Crippen LogP contribution in [0.3, 0.4) is 0 Å². The Morgan fingerprint density at radius 2 is 1.26 bits per heavy atom. The summed E-state index contributed by atoms with van der Waals surface area (Å²) in [5, 5.41) is 10.9. The number of fused-ring (bicyclic) bond motifs is 1. The van der Waals surface area contributed by atoms with Crippen LogP contribution in [0.1, 0.15) is 68.6 Å².